The number of amides is 1. The van der Waals surface area contributed by atoms with Gasteiger partial charge >= 0.3 is 0 Å². The first-order valence-corrected chi connectivity index (χ1v) is 5.33. The average molecular weight is 222 g/mol. The number of hydrogen-bond donors (Lipinski definition) is 2. The van der Waals surface area contributed by atoms with Crippen LogP contribution in [-0.2, 0) is 16.1 Å². The third-order valence-corrected chi connectivity index (χ3v) is 1.95. The fourth-order valence-electron chi connectivity index (χ4n) is 1.15. The molecule has 1 aromatic carbocycles. The molecule has 0 heterocycles. The Balaban J connectivity index is 2.31. The Bertz CT molecular complexity index is 333. The van der Waals surface area contributed by atoms with Crippen LogP contribution in [-0.4, -0.2) is 12.5 Å². The lowest BCUT2D eigenvalue weighted by Gasteiger charge is -2.07. The average Bonchev–Trinajstić information content (AvgIpc) is 2.21. The van der Waals surface area contributed by atoms with Gasteiger partial charge in [-0.2, -0.15) is 0 Å². The quantitative estimate of drug-likeness (QED) is 0.586. The van der Waals surface area contributed by atoms with Gasteiger partial charge in [0, 0.05) is 5.69 Å². The molecule has 4 nitrogen and oxygen atoms in total. The van der Waals surface area contributed by atoms with E-state index in [9.17, 15) is 4.79 Å². The zero-order valence-electron chi connectivity index (χ0n) is 9.69. The number of anilines is 1. The summed E-state index contributed by atoms with van der Waals surface area (Å²) >= 11 is 0. The van der Waals surface area contributed by atoms with Crippen LogP contribution < -0.4 is 11.2 Å². The van der Waals surface area contributed by atoms with E-state index in [2.05, 4.69) is 5.48 Å². The Morgan fingerprint density at radius 1 is 1.38 bits per heavy atom. The molecule has 0 aromatic heterocycles. The smallest absolute Gasteiger partial charge is 0.247 e. The molecule has 0 aliphatic heterocycles. The monoisotopic (exact) mass is 222 g/mol. The summed E-state index contributed by atoms with van der Waals surface area (Å²) in [5, 5.41) is 0. The van der Waals surface area contributed by atoms with E-state index >= 15 is 0 Å². The van der Waals surface area contributed by atoms with Crippen molar-refractivity contribution in [1.29, 1.82) is 0 Å². The minimum atomic E-state index is -0.148. The zero-order chi connectivity index (χ0) is 12.0. The maximum atomic E-state index is 11.4. The van der Waals surface area contributed by atoms with Crippen molar-refractivity contribution >= 4 is 11.6 Å². The maximum absolute atomic E-state index is 11.4. The third kappa shape index (κ3) is 4.79. The fraction of sp³-hybridized carbons (Fsp3) is 0.417. The zero-order valence-corrected chi connectivity index (χ0v) is 9.69. The molecular weight excluding hydrogens is 204 g/mol. The van der Waals surface area contributed by atoms with Crippen molar-refractivity contribution in [2.75, 3.05) is 12.3 Å². The van der Waals surface area contributed by atoms with E-state index < -0.39 is 0 Å². The fourth-order valence-corrected chi connectivity index (χ4v) is 1.15. The number of nitrogen functional groups attached to an aromatic ring is 1. The van der Waals surface area contributed by atoms with Crippen LogP contribution >= 0.6 is 0 Å². The van der Waals surface area contributed by atoms with Gasteiger partial charge in [0.15, 0.2) is 0 Å². The predicted octanol–water partition coefficient (Wildman–Crippen LogP) is 1.52. The second-order valence-corrected chi connectivity index (χ2v) is 4.15. The standard InChI is InChI=1S/C12H18N2O2/c1-9(2)8-16-14-12(15)7-10-3-5-11(13)6-4-10/h3-6,9H,7-8,13H2,1-2H3,(H,14,15). The van der Waals surface area contributed by atoms with Gasteiger partial charge in [0.25, 0.3) is 0 Å². The first-order chi connectivity index (χ1) is 7.58. The molecule has 3 N–H and O–H groups in total. The molecule has 0 aliphatic rings. The van der Waals surface area contributed by atoms with Gasteiger partial charge in [0.2, 0.25) is 5.91 Å². The van der Waals surface area contributed by atoms with Gasteiger partial charge in [0.05, 0.1) is 13.0 Å². The summed E-state index contributed by atoms with van der Waals surface area (Å²) in [7, 11) is 0. The molecule has 0 unspecified atom stereocenters. The molecular formula is C12H18N2O2. The number of nitrogens with two attached hydrogens (primary N) is 1. The van der Waals surface area contributed by atoms with Gasteiger partial charge in [-0.15, -0.1) is 0 Å². The number of benzene rings is 1. The van der Waals surface area contributed by atoms with Gasteiger partial charge in [-0.1, -0.05) is 26.0 Å². The minimum Gasteiger partial charge on any atom is -0.399 e. The highest BCUT2D eigenvalue weighted by Gasteiger charge is 2.03. The highest BCUT2D eigenvalue weighted by molar-refractivity contribution is 5.77. The number of carbonyl (C=O) groups is 1. The molecule has 0 radical (unpaired) electrons. The van der Waals surface area contributed by atoms with Crippen molar-refractivity contribution in [1.82, 2.24) is 5.48 Å². The summed E-state index contributed by atoms with van der Waals surface area (Å²) in [5.41, 5.74) is 9.56. The van der Waals surface area contributed by atoms with Crippen molar-refractivity contribution in [3.63, 3.8) is 0 Å². The predicted molar refractivity (Wildman–Crippen MR) is 63.5 cm³/mol. The van der Waals surface area contributed by atoms with E-state index in [0.29, 0.717) is 24.6 Å². The Morgan fingerprint density at radius 2 is 2.00 bits per heavy atom. The van der Waals surface area contributed by atoms with Crippen molar-refractivity contribution in [2.24, 2.45) is 5.92 Å². The van der Waals surface area contributed by atoms with E-state index in [1.54, 1.807) is 12.1 Å². The van der Waals surface area contributed by atoms with Gasteiger partial charge in [0.1, 0.15) is 0 Å². The summed E-state index contributed by atoms with van der Waals surface area (Å²) in [6, 6.07) is 7.21. The number of hydroxylamine groups is 1. The second kappa shape index (κ2) is 6.12. The van der Waals surface area contributed by atoms with Crippen LogP contribution in [0.5, 0.6) is 0 Å². The Labute approximate surface area is 95.7 Å². The highest BCUT2D eigenvalue weighted by Crippen LogP contribution is 2.05. The van der Waals surface area contributed by atoms with Gasteiger partial charge in [-0.25, -0.2) is 5.48 Å². The second-order valence-electron chi connectivity index (χ2n) is 4.15. The third-order valence-electron chi connectivity index (χ3n) is 1.95. The maximum Gasteiger partial charge on any atom is 0.247 e. The van der Waals surface area contributed by atoms with E-state index in [-0.39, 0.29) is 5.91 Å². The Morgan fingerprint density at radius 3 is 2.56 bits per heavy atom. The molecule has 0 saturated heterocycles. The highest BCUT2D eigenvalue weighted by atomic mass is 16.6. The number of rotatable bonds is 5. The lowest BCUT2D eigenvalue weighted by atomic mass is 10.1. The van der Waals surface area contributed by atoms with Crippen molar-refractivity contribution in [2.45, 2.75) is 20.3 Å². The summed E-state index contributed by atoms with van der Waals surface area (Å²) < 4.78 is 0. The molecule has 1 rings (SSSR count). The minimum absolute atomic E-state index is 0.148. The lowest BCUT2D eigenvalue weighted by Crippen LogP contribution is -2.27. The summed E-state index contributed by atoms with van der Waals surface area (Å²) in [6.45, 7) is 4.56. The molecule has 0 bridgehead atoms. The summed E-state index contributed by atoms with van der Waals surface area (Å²) in [6.07, 6.45) is 0.304. The molecule has 4 heteroatoms. The van der Waals surface area contributed by atoms with Crippen molar-refractivity contribution < 1.29 is 9.63 Å². The van der Waals surface area contributed by atoms with Gasteiger partial charge < -0.3 is 5.73 Å². The molecule has 0 saturated carbocycles. The molecule has 0 atom stereocenters. The van der Waals surface area contributed by atoms with E-state index in [0.717, 1.165) is 5.56 Å². The van der Waals surface area contributed by atoms with Crippen LogP contribution in [0.15, 0.2) is 24.3 Å². The Hall–Kier alpha value is -1.55. The molecule has 88 valence electrons. The number of carbonyl (C=O) groups excluding carboxylic acids is 1. The first-order valence-electron chi connectivity index (χ1n) is 5.33. The molecule has 0 aliphatic carbocycles. The molecule has 0 fully saturated rings. The van der Waals surface area contributed by atoms with Crippen LogP contribution in [0.4, 0.5) is 5.69 Å². The summed E-state index contributed by atoms with van der Waals surface area (Å²) in [5.74, 6) is 0.252. The van der Waals surface area contributed by atoms with Gasteiger partial charge in [-0.05, 0) is 23.6 Å². The number of hydrogen-bond acceptors (Lipinski definition) is 3. The largest absolute Gasteiger partial charge is 0.399 e. The van der Waals surface area contributed by atoms with Crippen molar-refractivity contribution in [3.8, 4) is 0 Å². The topological polar surface area (TPSA) is 64.3 Å². The van der Waals surface area contributed by atoms with Crippen LogP contribution in [0.1, 0.15) is 19.4 Å². The van der Waals surface area contributed by atoms with Crippen molar-refractivity contribution in [3.05, 3.63) is 29.8 Å². The number of nitrogens with one attached hydrogen (secondary N) is 1. The normalized spacial score (nSPS) is 10.4. The lowest BCUT2D eigenvalue weighted by molar-refractivity contribution is -0.133. The molecule has 1 aromatic rings. The van der Waals surface area contributed by atoms with E-state index in [4.69, 9.17) is 10.6 Å². The van der Waals surface area contributed by atoms with Crippen LogP contribution in [0.3, 0.4) is 0 Å². The van der Waals surface area contributed by atoms with Crippen LogP contribution in [0, 0.1) is 5.92 Å². The summed E-state index contributed by atoms with van der Waals surface area (Å²) in [4.78, 5) is 16.4. The molecule has 0 spiro atoms. The SMILES string of the molecule is CC(C)CONC(=O)Cc1ccc(N)cc1. The molecule has 1 amide bonds. The van der Waals surface area contributed by atoms with Crippen LogP contribution in [0.25, 0.3) is 0 Å². The molecule has 16 heavy (non-hydrogen) atoms. The van der Waals surface area contributed by atoms with Gasteiger partial charge in [-0.3, -0.25) is 9.63 Å². The Kier molecular flexibility index (Phi) is 4.79. The first kappa shape index (κ1) is 12.5. The van der Waals surface area contributed by atoms with E-state index in [1.165, 1.54) is 0 Å². The van der Waals surface area contributed by atoms with E-state index in [1.807, 2.05) is 26.0 Å². The van der Waals surface area contributed by atoms with Crippen LogP contribution in [0.2, 0.25) is 0 Å².